The van der Waals surface area contributed by atoms with Gasteiger partial charge in [0.25, 0.3) is 0 Å². The summed E-state index contributed by atoms with van der Waals surface area (Å²) >= 11 is 0. The van der Waals surface area contributed by atoms with Crippen LogP contribution < -0.4 is 5.73 Å². The Morgan fingerprint density at radius 3 is 2.62 bits per heavy atom. The lowest BCUT2D eigenvalue weighted by Gasteiger charge is -2.04. The van der Waals surface area contributed by atoms with Crippen LogP contribution >= 0.6 is 0 Å². The molecule has 0 saturated heterocycles. The van der Waals surface area contributed by atoms with E-state index in [4.69, 9.17) is 5.73 Å². The molecule has 0 amide bonds. The predicted molar refractivity (Wildman–Crippen MR) is 69.6 cm³/mol. The highest BCUT2D eigenvalue weighted by Crippen LogP contribution is 2.28. The molecular formula is C15H15N. The second-order valence-corrected chi connectivity index (χ2v) is 3.84. The fraction of sp³-hybridized carbons (Fsp3) is 0.0667. The van der Waals surface area contributed by atoms with Gasteiger partial charge in [-0.3, -0.25) is 0 Å². The van der Waals surface area contributed by atoms with E-state index in [-0.39, 0.29) is 0 Å². The van der Waals surface area contributed by atoms with Crippen LogP contribution in [0, 0.1) is 0 Å². The number of nitrogens with two attached hydrogens (primary N) is 1. The lowest BCUT2D eigenvalue weighted by Crippen LogP contribution is -1.89. The van der Waals surface area contributed by atoms with Crippen LogP contribution in [0.5, 0.6) is 0 Å². The molecular weight excluding hydrogens is 194 g/mol. The lowest BCUT2D eigenvalue weighted by atomic mass is 10.0. The van der Waals surface area contributed by atoms with E-state index in [1.54, 1.807) is 0 Å². The van der Waals surface area contributed by atoms with Crippen LogP contribution in [0.1, 0.15) is 12.5 Å². The van der Waals surface area contributed by atoms with E-state index in [9.17, 15) is 0 Å². The molecule has 0 fully saturated rings. The maximum absolute atomic E-state index is 5.63. The average Bonchev–Trinajstić information content (AvgIpc) is 2.75. The summed E-state index contributed by atoms with van der Waals surface area (Å²) in [6.07, 6.45) is 10.3. The molecule has 0 atom stereocenters. The molecule has 0 bridgehead atoms. The lowest BCUT2D eigenvalue weighted by molar-refractivity contribution is 1.31. The summed E-state index contributed by atoms with van der Waals surface area (Å²) in [5.74, 6) is 0. The summed E-state index contributed by atoms with van der Waals surface area (Å²) < 4.78 is 0. The van der Waals surface area contributed by atoms with Gasteiger partial charge in [0, 0.05) is 5.70 Å². The maximum atomic E-state index is 5.63. The highest BCUT2D eigenvalue weighted by Gasteiger charge is 2.07. The smallest absolute Gasteiger partial charge is 0.00490 e. The molecule has 2 N–H and O–H groups in total. The maximum Gasteiger partial charge on any atom is 0.00490 e. The SMILES string of the molecule is C/C(N)=C\C=C1/C=CC=C1c1ccccc1. The van der Waals surface area contributed by atoms with Gasteiger partial charge < -0.3 is 5.73 Å². The summed E-state index contributed by atoms with van der Waals surface area (Å²) in [7, 11) is 0. The van der Waals surface area contributed by atoms with Crippen LogP contribution in [0.25, 0.3) is 5.57 Å². The number of hydrogen-bond acceptors (Lipinski definition) is 1. The van der Waals surface area contributed by atoms with Gasteiger partial charge in [-0.1, -0.05) is 54.6 Å². The molecule has 0 radical (unpaired) electrons. The van der Waals surface area contributed by atoms with Crippen molar-refractivity contribution >= 4 is 5.57 Å². The Balaban J connectivity index is 2.31. The zero-order valence-corrected chi connectivity index (χ0v) is 9.35. The van der Waals surface area contributed by atoms with Crippen molar-refractivity contribution in [2.75, 3.05) is 0 Å². The van der Waals surface area contributed by atoms with E-state index in [0.29, 0.717) is 0 Å². The molecule has 1 aromatic carbocycles. The number of benzene rings is 1. The molecule has 0 aromatic heterocycles. The molecule has 1 aromatic rings. The van der Waals surface area contributed by atoms with Crippen LogP contribution in [-0.4, -0.2) is 0 Å². The van der Waals surface area contributed by atoms with Gasteiger partial charge in [-0.25, -0.2) is 0 Å². The highest BCUT2D eigenvalue weighted by molar-refractivity contribution is 5.86. The van der Waals surface area contributed by atoms with Crippen molar-refractivity contribution in [3.63, 3.8) is 0 Å². The van der Waals surface area contributed by atoms with Gasteiger partial charge in [0.2, 0.25) is 0 Å². The Bertz CT molecular complexity index is 483. The minimum atomic E-state index is 0.820. The molecule has 1 heteroatoms. The van der Waals surface area contributed by atoms with Gasteiger partial charge in [-0.15, -0.1) is 0 Å². The predicted octanol–water partition coefficient (Wildman–Crippen LogP) is 3.43. The summed E-state index contributed by atoms with van der Waals surface area (Å²) in [5.41, 5.74) is 10.1. The Morgan fingerprint density at radius 2 is 1.94 bits per heavy atom. The van der Waals surface area contributed by atoms with Crippen LogP contribution in [0.2, 0.25) is 0 Å². The van der Waals surface area contributed by atoms with Crippen molar-refractivity contribution in [2.45, 2.75) is 6.92 Å². The van der Waals surface area contributed by atoms with E-state index in [0.717, 1.165) is 5.70 Å². The van der Waals surface area contributed by atoms with Crippen molar-refractivity contribution < 1.29 is 0 Å². The number of rotatable bonds is 2. The summed E-state index contributed by atoms with van der Waals surface area (Å²) in [6.45, 7) is 1.89. The van der Waals surface area contributed by atoms with Crippen LogP contribution in [0.4, 0.5) is 0 Å². The van der Waals surface area contributed by atoms with E-state index < -0.39 is 0 Å². The monoisotopic (exact) mass is 209 g/mol. The number of hydrogen-bond donors (Lipinski definition) is 1. The van der Waals surface area contributed by atoms with E-state index in [2.05, 4.69) is 48.6 Å². The van der Waals surface area contributed by atoms with Gasteiger partial charge in [-0.2, -0.15) is 0 Å². The van der Waals surface area contributed by atoms with Crippen molar-refractivity contribution in [3.05, 3.63) is 77.5 Å². The first-order chi connectivity index (χ1) is 7.77. The first kappa shape index (κ1) is 10.5. The fourth-order valence-electron chi connectivity index (χ4n) is 1.68. The third-order valence-electron chi connectivity index (χ3n) is 2.46. The standard InChI is InChI=1S/C15H15N/c1-12(16)10-11-14-8-5-9-15(14)13-6-3-2-4-7-13/h2-11H,16H2,1H3/b12-10+,14-11+. The summed E-state index contributed by atoms with van der Waals surface area (Å²) in [4.78, 5) is 0. The normalized spacial score (nSPS) is 17.9. The Kier molecular flexibility index (Phi) is 3.06. The molecule has 0 saturated carbocycles. The first-order valence-corrected chi connectivity index (χ1v) is 5.35. The Labute approximate surface area is 96.3 Å². The zero-order chi connectivity index (χ0) is 11.4. The Morgan fingerprint density at radius 1 is 1.19 bits per heavy atom. The minimum absolute atomic E-state index is 0.820. The molecule has 2 rings (SSSR count). The zero-order valence-electron chi connectivity index (χ0n) is 9.35. The highest BCUT2D eigenvalue weighted by atomic mass is 14.5. The van der Waals surface area contributed by atoms with Crippen LogP contribution in [0.3, 0.4) is 0 Å². The van der Waals surface area contributed by atoms with Crippen molar-refractivity contribution in [1.29, 1.82) is 0 Å². The van der Waals surface area contributed by atoms with Gasteiger partial charge >= 0.3 is 0 Å². The quantitative estimate of drug-likeness (QED) is 0.793. The van der Waals surface area contributed by atoms with Gasteiger partial charge in [0.05, 0.1) is 0 Å². The summed E-state index contributed by atoms with van der Waals surface area (Å²) in [5, 5.41) is 0. The number of allylic oxidation sites excluding steroid dienone is 8. The molecule has 0 spiro atoms. The van der Waals surface area contributed by atoms with Crippen LogP contribution in [0.15, 0.2) is 72.0 Å². The molecule has 1 aliphatic rings. The largest absolute Gasteiger partial charge is 0.402 e. The van der Waals surface area contributed by atoms with Crippen molar-refractivity contribution in [3.8, 4) is 0 Å². The van der Waals surface area contributed by atoms with Crippen LogP contribution in [-0.2, 0) is 0 Å². The molecule has 1 nitrogen and oxygen atoms in total. The third-order valence-corrected chi connectivity index (χ3v) is 2.46. The minimum Gasteiger partial charge on any atom is -0.402 e. The Hall–Kier alpha value is -2.02. The molecule has 1 aliphatic carbocycles. The fourth-order valence-corrected chi connectivity index (χ4v) is 1.68. The second-order valence-electron chi connectivity index (χ2n) is 3.84. The topological polar surface area (TPSA) is 26.0 Å². The van der Waals surface area contributed by atoms with Crippen molar-refractivity contribution in [2.24, 2.45) is 5.73 Å². The molecule has 0 aliphatic heterocycles. The molecule has 80 valence electrons. The van der Waals surface area contributed by atoms with Gasteiger partial charge in [-0.05, 0) is 29.7 Å². The van der Waals surface area contributed by atoms with Gasteiger partial charge in [0.1, 0.15) is 0 Å². The average molecular weight is 209 g/mol. The summed E-state index contributed by atoms with van der Waals surface area (Å²) in [6, 6.07) is 10.4. The first-order valence-electron chi connectivity index (χ1n) is 5.35. The molecule has 0 heterocycles. The molecule has 16 heavy (non-hydrogen) atoms. The second kappa shape index (κ2) is 4.67. The van der Waals surface area contributed by atoms with E-state index in [1.165, 1.54) is 16.7 Å². The van der Waals surface area contributed by atoms with Crippen molar-refractivity contribution in [1.82, 2.24) is 0 Å². The molecule has 0 unspecified atom stereocenters. The van der Waals surface area contributed by atoms with E-state index in [1.807, 2.05) is 19.1 Å². The third kappa shape index (κ3) is 2.31. The van der Waals surface area contributed by atoms with E-state index >= 15 is 0 Å². The van der Waals surface area contributed by atoms with Gasteiger partial charge in [0.15, 0.2) is 0 Å².